The largest absolute Gasteiger partial charge is 0.478 e. The van der Waals surface area contributed by atoms with Crippen molar-refractivity contribution in [2.24, 2.45) is 0 Å². The second kappa shape index (κ2) is 5.25. The molecule has 2 heterocycles. The summed E-state index contributed by atoms with van der Waals surface area (Å²) >= 11 is 0. The van der Waals surface area contributed by atoms with E-state index in [4.69, 9.17) is 5.26 Å². The molecule has 104 valence electrons. The first-order valence-electron chi connectivity index (χ1n) is 6.65. The molecule has 0 spiro atoms. The molecule has 5 heteroatoms. The lowest BCUT2D eigenvalue weighted by molar-refractivity contribution is 0.0695. The zero-order valence-electron chi connectivity index (χ0n) is 11.3. The number of aromatic carboxylic acids is 1. The highest BCUT2D eigenvalue weighted by Crippen LogP contribution is 2.27. The van der Waals surface area contributed by atoms with Gasteiger partial charge in [-0.15, -0.1) is 0 Å². The van der Waals surface area contributed by atoms with Crippen LogP contribution in [0, 0.1) is 11.3 Å². The van der Waals surface area contributed by atoms with Gasteiger partial charge in [0.1, 0.15) is 6.07 Å². The zero-order valence-corrected chi connectivity index (χ0v) is 11.3. The van der Waals surface area contributed by atoms with Crippen LogP contribution in [0.15, 0.2) is 36.5 Å². The Morgan fingerprint density at radius 1 is 1.33 bits per heavy atom. The molecule has 0 amide bonds. The number of fused-ring (bicyclic) bond motifs is 1. The van der Waals surface area contributed by atoms with Gasteiger partial charge in [0.2, 0.25) is 0 Å². The van der Waals surface area contributed by atoms with Gasteiger partial charge in [-0.3, -0.25) is 0 Å². The van der Waals surface area contributed by atoms with E-state index >= 15 is 0 Å². The lowest BCUT2D eigenvalue weighted by Gasteiger charge is -2.31. The highest BCUT2D eigenvalue weighted by Gasteiger charge is 2.22. The fourth-order valence-corrected chi connectivity index (χ4v) is 2.75. The second-order valence-corrected chi connectivity index (χ2v) is 4.90. The van der Waals surface area contributed by atoms with Crippen LogP contribution in [0.1, 0.15) is 27.2 Å². The van der Waals surface area contributed by atoms with Gasteiger partial charge in [-0.2, -0.15) is 5.26 Å². The van der Waals surface area contributed by atoms with Crippen molar-refractivity contribution in [3.8, 4) is 6.07 Å². The Kier molecular flexibility index (Phi) is 3.28. The van der Waals surface area contributed by atoms with Gasteiger partial charge in [-0.05, 0) is 35.7 Å². The topological polar surface area (TPSA) is 77.2 Å². The molecule has 3 rings (SSSR count). The molecule has 1 N–H and O–H groups in total. The van der Waals surface area contributed by atoms with Gasteiger partial charge in [0.15, 0.2) is 5.69 Å². The van der Waals surface area contributed by atoms with E-state index in [0.29, 0.717) is 30.8 Å². The molecular weight excluding hydrogens is 266 g/mol. The van der Waals surface area contributed by atoms with Crippen LogP contribution in [-0.2, 0) is 13.0 Å². The molecule has 0 unspecified atom stereocenters. The number of pyridine rings is 1. The lowest BCUT2D eigenvalue weighted by atomic mass is 9.94. The number of nitriles is 1. The fraction of sp³-hybridized carbons (Fsp3) is 0.188. The van der Waals surface area contributed by atoms with Gasteiger partial charge in [-0.1, -0.05) is 12.1 Å². The summed E-state index contributed by atoms with van der Waals surface area (Å²) in [7, 11) is 0. The molecule has 0 radical (unpaired) electrons. The molecule has 0 bridgehead atoms. The molecule has 0 atom stereocenters. The van der Waals surface area contributed by atoms with E-state index < -0.39 is 5.97 Å². The fourth-order valence-electron chi connectivity index (χ4n) is 2.75. The van der Waals surface area contributed by atoms with Crippen molar-refractivity contribution in [2.45, 2.75) is 13.0 Å². The molecule has 0 aliphatic carbocycles. The molecule has 5 nitrogen and oxygen atoms in total. The SMILES string of the molecule is N#Cc1ncccc1N1CCc2c(cccc2C(=O)O)C1. The van der Waals surface area contributed by atoms with Crippen LogP contribution >= 0.6 is 0 Å². The maximum Gasteiger partial charge on any atom is 0.335 e. The smallest absolute Gasteiger partial charge is 0.335 e. The molecule has 1 aliphatic rings. The molecule has 21 heavy (non-hydrogen) atoms. The Balaban J connectivity index is 1.97. The summed E-state index contributed by atoms with van der Waals surface area (Å²) in [6.45, 7) is 1.27. The monoisotopic (exact) mass is 279 g/mol. The Labute approximate surface area is 122 Å². The number of aromatic nitrogens is 1. The van der Waals surface area contributed by atoms with Crippen molar-refractivity contribution in [3.63, 3.8) is 0 Å². The third kappa shape index (κ3) is 2.32. The van der Waals surface area contributed by atoms with E-state index in [2.05, 4.69) is 16.0 Å². The average molecular weight is 279 g/mol. The summed E-state index contributed by atoms with van der Waals surface area (Å²) in [6, 6.07) is 11.1. The van der Waals surface area contributed by atoms with Crippen LogP contribution in [0.2, 0.25) is 0 Å². The number of hydrogen-bond acceptors (Lipinski definition) is 4. The third-order valence-electron chi connectivity index (χ3n) is 3.73. The second-order valence-electron chi connectivity index (χ2n) is 4.90. The van der Waals surface area contributed by atoms with E-state index in [1.165, 1.54) is 0 Å². The first kappa shape index (κ1) is 13.1. The number of carboxylic acid groups (broad SMARTS) is 1. The standard InChI is InChI=1S/C16H13N3O2/c17-9-14-15(5-2-7-18-14)19-8-6-12-11(10-19)3-1-4-13(12)16(20)21/h1-5,7H,6,8,10H2,(H,20,21). The summed E-state index contributed by atoms with van der Waals surface area (Å²) < 4.78 is 0. The molecule has 1 aliphatic heterocycles. The zero-order chi connectivity index (χ0) is 14.8. The Hall–Kier alpha value is -2.87. The number of nitrogens with zero attached hydrogens (tertiary/aromatic N) is 3. The molecule has 0 saturated carbocycles. The van der Waals surface area contributed by atoms with Crippen LogP contribution < -0.4 is 4.90 Å². The minimum Gasteiger partial charge on any atom is -0.478 e. The summed E-state index contributed by atoms with van der Waals surface area (Å²) in [4.78, 5) is 17.4. The van der Waals surface area contributed by atoms with Crippen LogP contribution in [-0.4, -0.2) is 22.6 Å². The first-order chi connectivity index (χ1) is 10.2. The Morgan fingerprint density at radius 2 is 2.19 bits per heavy atom. The average Bonchev–Trinajstić information content (AvgIpc) is 2.53. The number of carboxylic acids is 1. The van der Waals surface area contributed by atoms with Crippen LogP contribution in [0.5, 0.6) is 0 Å². The van der Waals surface area contributed by atoms with E-state index in [9.17, 15) is 9.90 Å². The minimum atomic E-state index is -0.889. The highest BCUT2D eigenvalue weighted by molar-refractivity contribution is 5.90. The third-order valence-corrected chi connectivity index (χ3v) is 3.73. The first-order valence-corrected chi connectivity index (χ1v) is 6.65. The number of anilines is 1. The molecule has 1 aromatic carbocycles. The maximum atomic E-state index is 11.3. The van der Waals surface area contributed by atoms with E-state index in [1.54, 1.807) is 24.4 Å². The van der Waals surface area contributed by atoms with Gasteiger partial charge in [0.05, 0.1) is 11.3 Å². The van der Waals surface area contributed by atoms with Gasteiger partial charge in [-0.25, -0.2) is 9.78 Å². The minimum absolute atomic E-state index is 0.374. The van der Waals surface area contributed by atoms with Crippen molar-refractivity contribution in [1.29, 1.82) is 5.26 Å². The molecular formula is C16H13N3O2. The molecule has 0 saturated heterocycles. The van der Waals surface area contributed by atoms with Gasteiger partial charge >= 0.3 is 5.97 Å². The van der Waals surface area contributed by atoms with Crippen molar-refractivity contribution < 1.29 is 9.90 Å². The normalized spacial score (nSPS) is 13.4. The van der Waals surface area contributed by atoms with Crippen molar-refractivity contribution in [3.05, 3.63) is 58.9 Å². The number of benzene rings is 1. The summed E-state index contributed by atoms with van der Waals surface area (Å²) in [6.07, 6.45) is 2.25. The number of carbonyl (C=O) groups is 1. The van der Waals surface area contributed by atoms with Crippen LogP contribution in [0.25, 0.3) is 0 Å². The predicted molar refractivity (Wildman–Crippen MR) is 77.1 cm³/mol. The summed E-state index contributed by atoms with van der Waals surface area (Å²) in [5, 5.41) is 18.4. The van der Waals surface area contributed by atoms with Crippen molar-refractivity contribution in [1.82, 2.24) is 4.98 Å². The van der Waals surface area contributed by atoms with Gasteiger partial charge in [0.25, 0.3) is 0 Å². The van der Waals surface area contributed by atoms with Gasteiger partial charge in [0, 0.05) is 19.3 Å². The Bertz CT molecular complexity index is 749. The quantitative estimate of drug-likeness (QED) is 0.912. The summed E-state index contributed by atoms with van der Waals surface area (Å²) in [5.74, 6) is -0.889. The van der Waals surface area contributed by atoms with Crippen molar-refractivity contribution in [2.75, 3.05) is 11.4 Å². The number of hydrogen-bond donors (Lipinski definition) is 1. The maximum absolute atomic E-state index is 11.3. The lowest BCUT2D eigenvalue weighted by Crippen LogP contribution is -2.32. The predicted octanol–water partition coefficient (Wildman–Crippen LogP) is 2.21. The van der Waals surface area contributed by atoms with Gasteiger partial charge < -0.3 is 10.0 Å². The van der Waals surface area contributed by atoms with E-state index in [0.717, 1.165) is 16.8 Å². The highest BCUT2D eigenvalue weighted by atomic mass is 16.4. The van der Waals surface area contributed by atoms with E-state index in [1.807, 2.05) is 12.1 Å². The Morgan fingerprint density at radius 3 is 2.95 bits per heavy atom. The molecule has 0 fully saturated rings. The van der Waals surface area contributed by atoms with Crippen LogP contribution in [0.4, 0.5) is 5.69 Å². The molecule has 1 aromatic heterocycles. The number of rotatable bonds is 2. The summed E-state index contributed by atoms with van der Waals surface area (Å²) in [5.41, 5.74) is 3.46. The van der Waals surface area contributed by atoms with Crippen molar-refractivity contribution >= 4 is 11.7 Å². The van der Waals surface area contributed by atoms with Crippen LogP contribution in [0.3, 0.4) is 0 Å². The van der Waals surface area contributed by atoms with E-state index in [-0.39, 0.29) is 0 Å². The molecule has 2 aromatic rings.